The number of likely N-dealkylation sites (N-methyl/N-ethyl adjacent to an activating group) is 1. The molecule has 0 aliphatic carbocycles. The molecule has 2 N–H and O–H groups in total. The van der Waals surface area contributed by atoms with E-state index in [9.17, 15) is 19.5 Å². The molecule has 3 unspecified atom stereocenters. The molecular formula is C45H70FN7O9S. The Balaban J connectivity index is 1.40. The van der Waals surface area contributed by atoms with E-state index in [1.165, 1.54) is 14.0 Å². The molecule has 2 aliphatic rings. The maximum Gasteiger partial charge on any atom is 0.410 e. The Morgan fingerprint density at radius 3 is 2.41 bits per heavy atom. The van der Waals surface area contributed by atoms with Gasteiger partial charge in [0, 0.05) is 44.8 Å². The SMILES string of the molecule is CCO[C@@H](O[C@@H]1[C@H](C)C(=O)C(C)(F)C(=O)O[C@H](CC)[C@@]2(C)OC(=O)N(CCCCn3cc(-c4nc5ccccc5s4)nn3)[C@@H]2[C@@H](C)NC[C@H](C)C[C@@]1(C)OC)C(O)C(CC)N(C)C. The van der Waals surface area contributed by atoms with Crippen molar-refractivity contribution in [2.75, 3.05) is 40.9 Å². The zero-order valence-electron chi connectivity index (χ0n) is 39.1. The number of ketones is 1. The standard InChI is InChI=1S/C45H70FN7O9S/c1-13-32(51(10)11)35(54)40(59-15-3)61-38-28(5)37(55)44(8,46)41(56)60-34(14-2)45(9)36(29(6)47-25-27(4)24-43(38,7)58-12)53(42(57)62-45)23-19-18-22-52-26-31(49-50-52)39-48-30-20-16-17-21-33(30)63-39/h16-17,20-21,26-29,32,34-36,38,40,47,54H,13-15,18-19,22-25H2,1-12H3/t27-,28-,29-,32?,34-,35?,36-,38-,40+,43-,44?,45-/m1/s1. The first-order valence-corrected chi connectivity index (χ1v) is 23.2. The molecule has 1 amide bonds. The second kappa shape index (κ2) is 21.1. The van der Waals surface area contributed by atoms with Crippen molar-refractivity contribution in [2.45, 2.75) is 161 Å². The van der Waals surface area contributed by atoms with Crippen molar-refractivity contribution in [3.63, 3.8) is 0 Å². The minimum absolute atomic E-state index is 0.124. The number of benzene rings is 1. The number of thiazole rings is 1. The third-order valence-electron chi connectivity index (χ3n) is 13.0. The lowest BCUT2D eigenvalue weighted by Gasteiger charge is -2.44. The van der Waals surface area contributed by atoms with Crippen LogP contribution in [0.4, 0.5) is 9.18 Å². The summed E-state index contributed by atoms with van der Waals surface area (Å²) in [7, 11) is 5.17. The number of aliphatic hydroxyl groups is 1. The van der Waals surface area contributed by atoms with Crippen molar-refractivity contribution in [1.82, 2.24) is 35.1 Å². The molecule has 2 fully saturated rings. The number of nitrogens with zero attached hydrogens (tertiary/aromatic N) is 6. The fraction of sp³-hybridized carbons (Fsp3) is 0.733. The van der Waals surface area contributed by atoms with Crippen LogP contribution in [0.2, 0.25) is 0 Å². The lowest BCUT2D eigenvalue weighted by Crippen LogP contribution is -2.61. The van der Waals surface area contributed by atoms with Gasteiger partial charge in [0.2, 0.25) is 0 Å². The van der Waals surface area contributed by atoms with Gasteiger partial charge in [-0.15, -0.1) is 16.4 Å². The number of hydrogen-bond donors (Lipinski definition) is 2. The average Bonchev–Trinajstić information content (AvgIpc) is 3.96. The van der Waals surface area contributed by atoms with Gasteiger partial charge in [-0.1, -0.05) is 45.0 Å². The van der Waals surface area contributed by atoms with Crippen molar-refractivity contribution < 1.29 is 47.6 Å². The first-order chi connectivity index (χ1) is 29.8. The van der Waals surface area contributed by atoms with E-state index in [4.69, 9.17) is 23.7 Å². The van der Waals surface area contributed by atoms with Crippen molar-refractivity contribution in [2.24, 2.45) is 11.8 Å². The molecule has 63 heavy (non-hydrogen) atoms. The van der Waals surface area contributed by atoms with E-state index in [2.05, 4.69) is 20.6 Å². The minimum atomic E-state index is -3.14. The Labute approximate surface area is 375 Å². The van der Waals surface area contributed by atoms with E-state index in [1.807, 2.05) is 70.2 Å². The molecule has 4 heterocycles. The Morgan fingerprint density at radius 1 is 1.08 bits per heavy atom. The fourth-order valence-corrected chi connectivity index (χ4v) is 10.4. The van der Waals surface area contributed by atoms with E-state index in [-0.39, 0.29) is 25.0 Å². The van der Waals surface area contributed by atoms with Crippen LogP contribution in [-0.2, 0) is 39.8 Å². The number of nitrogens with one attached hydrogen (secondary N) is 1. The molecule has 0 bridgehead atoms. The molecule has 18 heteroatoms. The number of fused-ring (bicyclic) bond motifs is 2. The van der Waals surface area contributed by atoms with Crippen molar-refractivity contribution >= 4 is 39.4 Å². The number of rotatable bonds is 16. The summed E-state index contributed by atoms with van der Waals surface area (Å²) in [5, 5.41) is 24.7. The summed E-state index contributed by atoms with van der Waals surface area (Å²) in [6, 6.07) is 6.49. The number of halogens is 1. The summed E-state index contributed by atoms with van der Waals surface area (Å²) < 4.78 is 50.7. The zero-order valence-corrected chi connectivity index (χ0v) is 39.9. The predicted octanol–water partition coefficient (Wildman–Crippen LogP) is 6.04. The maximum absolute atomic E-state index is 17.0. The molecule has 2 saturated heterocycles. The highest BCUT2D eigenvalue weighted by Gasteiger charge is 2.60. The molecule has 3 aromatic rings. The topological polar surface area (TPSA) is 180 Å². The lowest BCUT2D eigenvalue weighted by atomic mass is 9.78. The Bertz CT molecular complexity index is 1970. The first kappa shape index (κ1) is 50.4. The van der Waals surface area contributed by atoms with Gasteiger partial charge in [-0.2, -0.15) is 0 Å². The summed E-state index contributed by atoms with van der Waals surface area (Å²) in [4.78, 5) is 50.5. The maximum atomic E-state index is 17.0. The third kappa shape index (κ3) is 10.9. The highest BCUT2D eigenvalue weighted by atomic mass is 32.1. The zero-order chi connectivity index (χ0) is 46.4. The number of aliphatic hydroxyl groups excluding tert-OH is 1. The third-order valence-corrected chi connectivity index (χ3v) is 14.0. The highest BCUT2D eigenvalue weighted by molar-refractivity contribution is 7.21. The van der Waals surface area contributed by atoms with E-state index in [0.29, 0.717) is 51.0 Å². The number of aromatic nitrogens is 4. The molecule has 16 nitrogen and oxygen atoms in total. The number of methoxy groups -OCH3 is 1. The number of unbranched alkanes of at least 4 members (excludes halogenated alkanes) is 1. The number of Topliss-reactive ketones (excluding diaryl/α,β-unsaturated/α-hetero) is 1. The molecule has 352 valence electrons. The number of alkyl halides is 1. The predicted molar refractivity (Wildman–Crippen MR) is 238 cm³/mol. The van der Waals surface area contributed by atoms with Crippen LogP contribution in [0.3, 0.4) is 0 Å². The number of aryl methyl sites for hydroxylation is 1. The minimum Gasteiger partial charge on any atom is -0.455 e. The van der Waals surface area contributed by atoms with Crippen LogP contribution in [0, 0.1) is 11.8 Å². The largest absolute Gasteiger partial charge is 0.455 e. The second-order valence-corrected chi connectivity index (χ2v) is 19.1. The number of para-hydroxylation sites is 1. The van der Waals surface area contributed by atoms with Crippen molar-refractivity contribution in [3.8, 4) is 10.7 Å². The van der Waals surface area contributed by atoms with Gasteiger partial charge < -0.3 is 39.0 Å². The highest BCUT2D eigenvalue weighted by Crippen LogP contribution is 2.41. The normalized spacial score (nSPS) is 31.6. The molecule has 5 rings (SSSR count). The van der Waals surface area contributed by atoms with Crippen molar-refractivity contribution in [3.05, 3.63) is 30.5 Å². The van der Waals surface area contributed by atoms with Gasteiger partial charge in [0.05, 0.1) is 34.2 Å². The quantitative estimate of drug-likeness (QED) is 0.0735. The summed E-state index contributed by atoms with van der Waals surface area (Å²) >= 11 is 1.56. The first-order valence-electron chi connectivity index (χ1n) is 22.4. The van der Waals surface area contributed by atoms with Gasteiger partial charge in [-0.05, 0) is 105 Å². The van der Waals surface area contributed by atoms with Gasteiger partial charge in [-0.25, -0.2) is 19.0 Å². The van der Waals surface area contributed by atoms with Gasteiger partial charge in [0.1, 0.15) is 22.9 Å². The van der Waals surface area contributed by atoms with Crippen LogP contribution in [0.5, 0.6) is 0 Å². The summed E-state index contributed by atoms with van der Waals surface area (Å²) in [5.41, 5.74) is -4.21. The van der Waals surface area contributed by atoms with Gasteiger partial charge in [0.15, 0.2) is 17.7 Å². The van der Waals surface area contributed by atoms with Crippen LogP contribution in [0.1, 0.15) is 94.4 Å². The summed E-state index contributed by atoms with van der Waals surface area (Å²) in [6.45, 7) is 16.8. The summed E-state index contributed by atoms with van der Waals surface area (Å²) in [5.74, 6) is -3.89. The van der Waals surface area contributed by atoms with Crippen LogP contribution < -0.4 is 5.32 Å². The number of cyclic esters (lactones) is 1. The Morgan fingerprint density at radius 2 is 1.78 bits per heavy atom. The Hall–Kier alpha value is -3.65. The fourth-order valence-electron chi connectivity index (χ4n) is 9.53. The average molecular weight is 904 g/mol. The molecule has 0 saturated carbocycles. The van der Waals surface area contributed by atoms with Crippen LogP contribution in [0.15, 0.2) is 30.5 Å². The number of amides is 1. The van der Waals surface area contributed by atoms with Gasteiger partial charge in [-0.3, -0.25) is 14.4 Å². The molecule has 2 aliphatic heterocycles. The van der Waals surface area contributed by atoms with E-state index >= 15 is 4.39 Å². The van der Waals surface area contributed by atoms with E-state index in [0.717, 1.165) is 22.1 Å². The monoisotopic (exact) mass is 903 g/mol. The molecule has 1 aromatic carbocycles. The second-order valence-electron chi connectivity index (χ2n) is 18.0. The number of ether oxygens (including phenoxy) is 5. The number of esters is 1. The molecule has 2 aromatic heterocycles. The van der Waals surface area contributed by atoms with Crippen LogP contribution in [0.25, 0.3) is 20.9 Å². The van der Waals surface area contributed by atoms with Crippen LogP contribution >= 0.6 is 11.3 Å². The van der Waals surface area contributed by atoms with Gasteiger partial charge >= 0.3 is 12.1 Å². The smallest absolute Gasteiger partial charge is 0.410 e. The number of carbonyl (C=O) groups excluding carboxylic acids is 3. The Kier molecular flexibility index (Phi) is 16.9. The van der Waals surface area contributed by atoms with Crippen LogP contribution in [-0.4, -0.2) is 153 Å². The number of carbonyl (C=O) groups is 3. The summed E-state index contributed by atoms with van der Waals surface area (Å²) in [6.07, 6.45) is -1.06. The lowest BCUT2D eigenvalue weighted by molar-refractivity contribution is -0.266. The number of hydrogen-bond acceptors (Lipinski definition) is 15. The molecule has 0 radical (unpaired) electrons. The molecule has 12 atom stereocenters. The molecular weight excluding hydrogens is 834 g/mol. The van der Waals surface area contributed by atoms with Crippen molar-refractivity contribution in [1.29, 1.82) is 0 Å². The van der Waals surface area contributed by atoms with Gasteiger partial charge in [0.25, 0.3) is 5.67 Å². The van der Waals surface area contributed by atoms with E-state index < -0.39 is 77.3 Å². The van der Waals surface area contributed by atoms with E-state index in [1.54, 1.807) is 48.6 Å². The molecule has 0 spiro atoms.